The van der Waals surface area contributed by atoms with Crippen LogP contribution in [0, 0.1) is 6.92 Å². The second kappa shape index (κ2) is 7.02. The summed E-state index contributed by atoms with van der Waals surface area (Å²) in [5, 5.41) is 3.35. The number of nitrogens with zero attached hydrogens (tertiary/aromatic N) is 3. The Kier molecular flexibility index (Phi) is 4.73. The van der Waals surface area contributed by atoms with Crippen LogP contribution in [0.2, 0.25) is 5.02 Å². The third kappa shape index (κ3) is 3.13. The van der Waals surface area contributed by atoms with Gasteiger partial charge in [-0.25, -0.2) is 4.98 Å². The predicted molar refractivity (Wildman–Crippen MR) is 109 cm³/mol. The molecular weight excluding hydrogens is 368 g/mol. The van der Waals surface area contributed by atoms with E-state index in [0.717, 1.165) is 35.3 Å². The molecule has 26 heavy (non-hydrogen) atoms. The first-order valence-electron chi connectivity index (χ1n) is 8.77. The highest BCUT2D eigenvalue weighted by Gasteiger charge is 2.23. The summed E-state index contributed by atoms with van der Waals surface area (Å²) < 4.78 is 1.75. The van der Waals surface area contributed by atoms with Crippen LogP contribution >= 0.6 is 22.9 Å². The molecule has 1 saturated heterocycles. The Balaban J connectivity index is 1.88. The van der Waals surface area contributed by atoms with E-state index in [0.29, 0.717) is 29.4 Å². The van der Waals surface area contributed by atoms with Crippen molar-refractivity contribution >= 4 is 39.1 Å². The molecule has 2 aromatic heterocycles. The normalized spacial score (nSPS) is 17.8. The summed E-state index contributed by atoms with van der Waals surface area (Å²) in [6.07, 6.45) is 2.01. The van der Waals surface area contributed by atoms with Crippen LogP contribution in [0.3, 0.4) is 0 Å². The Morgan fingerprint density at radius 2 is 2.19 bits per heavy atom. The average Bonchev–Trinajstić information content (AvgIpc) is 3.00. The van der Waals surface area contributed by atoms with E-state index in [1.165, 1.54) is 11.3 Å². The van der Waals surface area contributed by atoms with E-state index >= 15 is 0 Å². The van der Waals surface area contributed by atoms with Gasteiger partial charge in [-0.2, -0.15) is 0 Å². The molecule has 3 aromatic rings. The standard InChI is InChI=1S/C19H21ClN4OS/c1-12-11-26-17-16(12)18(25)24(9-13-5-2-3-7-15(13)20)19(22-17)23-8-4-6-14(21)10-23/h2-3,5,7,11,14H,4,6,8-10,21H2,1H3/t14-/m1/s1. The van der Waals surface area contributed by atoms with Gasteiger partial charge in [-0.15, -0.1) is 11.3 Å². The van der Waals surface area contributed by atoms with Crippen LogP contribution in [0.15, 0.2) is 34.4 Å². The van der Waals surface area contributed by atoms with Gasteiger partial charge in [-0.05, 0) is 42.3 Å². The maximum absolute atomic E-state index is 13.3. The van der Waals surface area contributed by atoms with Crippen molar-refractivity contribution in [2.24, 2.45) is 5.73 Å². The molecule has 4 rings (SSSR count). The average molecular weight is 389 g/mol. The summed E-state index contributed by atoms with van der Waals surface area (Å²) in [5.74, 6) is 0.694. The summed E-state index contributed by atoms with van der Waals surface area (Å²) in [6, 6.07) is 7.73. The molecule has 0 amide bonds. The topological polar surface area (TPSA) is 64.2 Å². The van der Waals surface area contributed by atoms with Gasteiger partial charge in [0.05, 0.1) is 11.9 Å². The minimum atomic E-state index is -0.0113. The second-order valence-electron chi connectivity index (χ2n) is 6.84. The summed E-state index contributed by atoms with van der Waals surface area (Å²) in [4.78, 5) is 21.1. The molecule has 7 heteroatoms. The van der Waals surface area contributed by atoms with Gasteiger partial charge in [0.2, 0.25) is 5.95 Å². The molecule has 0 spiro atoms. The monoisotopic (exact) mass is 388 g/mol. The molecule has 0 aliphatic carbocycles. The number of halogens is 1. The number of thiophene rings is 1. The van der Waals surface area contributed by atoms with E-state index in [1.54, 1.807) is 4.57 Å². The number of aryl methyl sites for hydroxylation is 1. The molecule has 2 N–H and O–H groups in total. The summed E-state index contributed by atoms with van der Waals surface area (Å²) in [6.45, 7) is 3.93. The van der Waals surface area contributed by atoms with E-state index in [-0.39, 0.29) is 11.6 Å². The van der Waals surface area contributed by atoms with Crippen molar-refractivity contribution in [3.63, 3.8) is 0 Å². The van der Waals surface area contributed by atoms with E-state index in [9.17, 15) is 4.79 Å². The molecule has 0 saturated carbocycles. The van der Waals surface area contributed by atoms with Crippen molar-refractivity contribution in [2.45, 2.75) is 32.4 Å². The minimum absolute atomic E-state index is 0.0113. The van der Waals surface area contributed by atoms with Crippen molar-refractivity contribution in [3.05, 3.63) is 56.1 Å². The zero-order chi connectivity index (χ0) is 18.3. The van der Waals surface area contributed by atoms with Gasteiger partial charge in [0, 0.05) is 24.2 Å². The summed E-state index contributed by atoms with van der Waals surface area (Å²) in [7, 11) is 0. The van der Waals surface area contributed by atoms with Gasteiger partial charge in [0.25, 0.3) is 5.56 Å². The Labute approximate surface area is 161 Å². The molecule has 5 nitrogen and oxygen atoms in total. The Morgan fingerprint density at radius 1 is 1.38 bits per heavy atom. The highest BCUT2D eigenvalue weighted by molar-refractivity contribution is 7.16. The Morgan fingerprint density at radius 3 is 2.96 bits per heavy atom. The van der Waals surface area contributed by atoms with Crippen LogP contribution in [0.25, 0.3) is 10.2 Å². The third-order valence-corrected chi connectivity index (χ3v) is 6.24. The van der Waals surface area contributed by atoms with Crippen molar-refractivity contribution < 1.29 is 0 Å². The first-order chi connectivity index (χ1) is 12.5. The maximum atomic E-state index is 13.3. The number of hydrogen-bond donors (Lipinski definition) is 1. The minimum Gasteiger partial charge on any atom is -0.341 e. The first kappa shape index (κ1) is 17.5. The lowest BCUT2D eigenvalue weighted by Gasteiger charge is -2.33. The molecule has 1 aliphatic rings. The molecule has 3 heterocycles. The molecule has 1 aromatic carbocycles. The molecule has 0 radical (unpaired) electrons. The zero-order valence-electron chi connectivity index (χ0n) is 14.6. The highest BCUT2D eigenvalue weighted by atomic mass is 35.5. The smallest absolute Gasteiger partial charge is 0.264 e. The Hall–Kier alpha value is -1.89. The number of fused-ring (bicyclic) bond motifs is 1. The van der Waals surface area contributed by atoms with Gasteiger partial charge in [-0.1, -0.05) is 29.8 Å². The number of rotatable bonds is 3. The Bertz CT molecular complexity index is 1010. The van der Waals surface area contributed by atoms with E-state index in [4.69, 9.17) is 22.3 Å². The van der Waals surface area contributed by atoms with Gasteiger partial charge >= 0.3 is 0 Å². The molecule has 1 atom stereocenters. The van der Waals surface area contributed by atoms with E-state index in [1.807, 2.05) is 36.6 Å². The lowest BCUT2D eigenvalue weighted by molar-refractivity contribution is 0.492. The van der Waals surface area contributed by atoms with Gasteiger partial charge in [-0.3, -0.25) is 9.36 Å². The number of hydrogen-bond acceptors (Lipinski definition) is 5. The van der Waals surface area contributed by atoms with Crippen LogP contribution in [-0.2, 0) is 6.54 Å². The number of aromatic nitrogens is 2. The third-order valence-electron chi connectivity index (χ3n) is 4.88. The van der Waals surface area contributed by atoms with Crippen molar-refractivity contribution in [1.82, 2.24) is 9.55 Å². The molecule has 136 valence electrons. The number of piperidine rings is 1. The van der Waals surface area contributed by atoms with Crippen LogP contribution in [0.1, 0.15) is 24.0 Å². The fourth-order valence-corrected chi connectivity index (χ4v) is 4.62. The predicted octanol–water partition coefficient (Wildman–Crippen LogP) is 3.40. The van der Waals surface area contributed by atoms with Crippen LogP contribution in [-0.4, -0.2) is 28.7 Å². The SMILES string of the molecule is Cc1csc2nc(N3CCC[C@@H](N)C3)n(Cc3ccccc3Cl)c(=O)c12. The number of anilines is 1. The van der Waals surface area contributed by atoms with E-state index < -0.39 is 0 Å². The molecule has 0 bridgehead atoms. The van der Waals surface area contributed by atoms with Crippen LogP contribution < -0.4 is 16.2 Å². The van der Waals surface area contributed by atoms with Crippen molar-refractivity contribution in [1.29, 1.82) is 0 Å². The van der Waals surface area contributed by atoms with Crippen molar-refractivity contribution in [3.8, 4) is 0 Å². The zero-order valence-corrected chi connectivity index (χ0v) is 16.2. The summed E-state index contributed by atoms with van der Waals surface area (Å²) >= 11 is 7.87. The lowest BCUT2D eigenvalue weighted by atomic mass is 10.1. The van der Waals surface area contributed by atoms with Crippen molar-refractivity contribution in [2.75, 3.05) is 18.0 Å². The van der Waals surface area contributed by atoms with Gasteiger partial charge in [0.1, 0.15) is 4.83 Å². The second-order valence-corrected chi connectivity index (χ2v) is 8.11. The van der Waals surface area contributed by atoms with Gasteiger partial charge in [0.15, 0.2) is 0 Å². The number of benzene rings is 1. The maximum Gasteiger partial charge on any atom is 0.264 e. The highest BCUT2D eigenvalue weighted by Crippen LogP contribution is 2.26. The lowest BCUT2D eigenvalue weighted by Crippen LogP contribution is -2.45. The van der Waals surface area contributed by atoms with Crippen LogP contribution in [0.5, 0.6) is 0 Å². The van der Waals surface area contributed by atoms with Crippen LogP contribution in [0.4, 0.5) is 5.95 Å². The largest absolute Gasteiger partial charge is 0.341 e. The molecular formula is C19H21ClN4OS. The fraction of sp³-hybridized carbons (Fsp3) is 0.368. The van der Waals surface area contributed by atoms with E-state index in [2.05, 4.69) is 4.90 Å². The number of nitrogens with two attached hydrogens (primary N) is 1. The quantitative estimate of drug-likeness (QED) is 0.746. The molecule has 1 aliphatic heterocycles. The first-order valence-corrected chi connectivity index (χ1v) is 10.0. The molecule has 0 unspecified atom stereocenters. The molecule has 1 fully saturated rings. The fourth-order valence-electron chi connectivity index (χ4n) is 3.52. The van der Waals surface area contributed by atoms with Gasteiger partial charge < -0.3 is 10.6 Å². The summed E-state index contributed by atoms with van der Waals surface area (Å²) in [5.41, 5.74) is 8.04.